The molecule has 0 aliphatic carbocycles. The molecule has 7 heavy (non-hydrogen) atoms. The van der Waals surface area contributed by atoms with Crippen LogP contribution in [0.25, 0.3) is 0 Å². The topological polar surface area (TPSA) is 74.6 Å². The maximum atomic E-state index is 9.45. The summed E-state index contributed by atoms with van der Waals surface area (Å²) in [7, 11) is 0. The Morgan fingerprint density at radius 3 is 1.43 bits per heavy atom. The van der Waals surface area contributed by atoms with E-state index in [-0.39, 0.29) is 0 Å². The molecule has 0 heterocycles. The summed E-state index contributed by atoms with van der Waals surface area (Å²) in [4.78, 5) is 18.9. The number of hydrogen-bond donors (Lipinski definition) is 2. The van der Waals surface area contributed by atoms with Crippen molar-refractivity contribution in [2.45, 2.75) is 0 Å². The van der Waals surface area contributed by atoms with Crippen molar-refractivity contribution in [3.8, 4) is 0 Å². The Labute approximate surface area is 47.3 Å². The molecule has 0 fully saturated rings. The van der Waals surface area contributed by atoms with Crippen LogP contribution in [0.1, 0.15) is 0 Å². The summed E-state index contributed by atoms with van der Waals surface area (Å²) in [6.07, 6.45) is 0. The van der Waals surface area contributed by atoms with Crippen LogP contribution in [0.2, 0.25) is 0 Å². The summed E-state index contributed by atoms with van der Waals surface area (Å²) in [5, 5.41) is 15.5. The van der Waals surface area contributed by atoms with Gasteiger partial charge in [0.25, 0.3) is 0 Å². The van der Waals surface area contributed by atoms with Gasteiger partial charge in [0.15, 0.2) is 0 Å². The Balaban J connectivity index is 3.32. The van der Waals surface area contributed by atoms with Crippen LogP contribution in [0.15, 0.2) is 0 Å². The predicted molar refractivity (Wildman–Crippen MR) is 16.0 cm³/mol. The first-order valence-corrected chi connectivity index (χ1v) is 2.73. The first kappa shape index (κ1) is 6.60. The second-order valence-corrected chi connectivity index (χ2v) is 2.25. The van der Waals surface area contributed by atoms with Crippen LogP contribution in [0.3, 0.4) is 0 Å². The summed E-state index contributed by atoms with van der Waals surface area (Å²) in [6.45, 7) is 0. The fraction of sp³-hybridized carbons (Fsp3) is 0. The van der Waals surface area contributed by atoms with Gasteiger partial charge >= 0.3 is 46.7 Å². The van der Waals surface area contributed by atoms with Crippen molar-refractivity contribution < 1.29 is 37.8 Å². The van der Waals surface area contributed by atoms with Gasteiger partial charge in [-0.3, -0.25) is 0 Å². The monoisotopic (exact) mass is 196 g/mol. The summed E-state index contributed by atoms with van der Waals surface area (Å²) in [6, 6.07) is 0. The van der Waals surface area contributed by atoms with Gasteiger partial charge in [-0.05, 0) is 0 Å². The van der Waals surface area contributed by atoms with Gasteiger partial charge in [-0.2, -0.15) is 0 Å². The molecule has 5 heteroatoms. The summed E-state index contributed by atoms with van der Waals surface area (Å²) in [5.41, 5.74) is 0. The number of hydrogen-bond acceptors (Lipinski definition) is 2. The van der Waals surface area contributed by atoms with Gasteiger partial charge in [0.05, 0.1) is 0 Å². The van der Waals surface area contributed by atoms with E-state index >= 15 is 0 Å². The zero-order chi connectivity index (χ0) is 5.86. The van der Waals surface area contributed by atoms with Gasteiger partial charge in [0.1, 0.15) is 0 Å². The maximum absolute atomic E-state index is 9.45. The molecule has 0 saturated heterocycles. The predicted octanol–water partition coefficient (Wildman–Crippen LogP) is 0.425. The van der Waals surface area contributed by atoms with E-state index in [2.05, 4.69) is 0 Å². The van der Waals surface area contributed by atoms with Crippen molar-refractivity contribution >= 4 is 8.88 Å². The zero-order valence-corrected chi connectivity index (χ0v) is 4.58. The number of carboxylic acid groups (broad SMARTS) is 2. The molecule has 0 aliphatic heterocycles. The second kappa shape index (κ2) is 2.72. The van der Waals surface area contributed by atoms with E-state index in [9.17, 15) is 9.59 Å². The standard InChI is InChI=1S/2CHO2.Pd/c2*2-1-3;/h2*(H,2,3);. The Bertz CT molecular complexity index is 85.9. The van der Waals surface area contributed by atoms with Gasteiger partial charge in [-0.15, -0.1) is 0 Å². The SMILES string of the molecule is O=[C](O)[Pd][C](=O)O. The quantitative estimate of drug-likeness (QED) is 0.628. The first-order valence-electron chi connectivity index (χ1n) is 1.17. The van der Waals surface area contributed by atoms with Gasteiger partial charge < -0.3 is 0 Å². The molecule has 0 spiro atoms. The summed E-state index contributed by atoms with van der Waals surface area (Å²) < 4.78 is -2.52. The molecule has 0 aliphatic rings. The molecule has 0 amide bonds. The molecule has 0 aromatic heterocycles. The fourth-order valence-electron chi connectivity index (χ4n) is 0.0579. The first-order chi connectivity index (χ1) is 3.13. The minimum absolute atomic E-state index is 1.19. The van der Waals surface area contributed by atoms with Crippen LogP contribution in [-0.4, -0.2) is 19.1 Å². The molecule has 0 radical (unpaired) electrons. The molecular weight excluding hydrogens is 194 g/mol. The molecule has 0 aromatic rings. The normalized spacial score (nSPS) is 8.57. The summed E-state index contributed by atoms with van der Waals surface area (Å²) in [5.74, 6) is 0. The van der Waals surface area contributed by atoms with E-state index in [1.165, 1.54) is 0 Å². The van der Waals surface area contributed by atoms with Crippen LogP contribution in [-0.2, 0) is 18.0 Å². The van der Waals surface area contributed by atoms with Crippen molar-refractivity contribution in [1.29, 1.82) is 0 Å². The van der Waals surface area contributed by atoms with Gasteiger partial charge in [-0.1, -0.05) is 0 Å². The van der Waals surface area contributed by atoms with Crippen LogP contribution < -0.4 is 0 Å². The van der Waals surface area contributed by atoms with Crippen molar-refractivity contribution in [2.24, 2.45) is 0 Å². The average Bonchev–Trinajstić information content (AvgIpc) is 1.27. The summed E-state index contributed by atoms with van der Waals surface area (Å²) >= 11 is -1.19. The Morgan fingerprint density at radius 1 is 1.14 bits per heavy atom. The molecule has 2 N–H and O–H groups in total. The third-order valence-electron chi connectivity index (χ3n) is 0.135. The molecule has 0 atom stereocenters. The third-order valence-corrected chi connectivity index (χ3v) is 0.800. The molecule has 0 rings (SSSR count). The van der Waals surface area contributed by atoms with Gasteiger partial charge in [0, 0.05) is 0 Å². The van der Waals surface area contributed by atoms with E-state index in [1.54, 1.807) is 0 Å². The zero-order valence-electron chi connectivity index (χ0n) is 3.03. The minimum atomic E-state index is -1.26. The number of carbonyl (C=O) groups is 2. The van der Waals surface area contributed by atoms with Crippen molar-refractivity contribution in [2.75, 3.05) is 0 Å². The van der Waals surface area contributed by atoms with Gasteiger partial charge in [-0.25, -0.2) is 0 Å². The molecule has 4 nitrogen and oxygen atoms in total. The van der Waals surface area contributed by atoms with E-state index in [1.807, 2.05) is 0 Å². The Hall–Kier alpha value is -0.398. The van der Waals surface area contributed by atoms with E-state index in [0.29, 0.717) is 0 Å². The van der Waals surface area contributed by atoms with Crippen LogP contribution >= 0.6 is 0 Å². The fourth-order valence-corrected chi connectivity index (χ4v) is 0.342. The molecular formula is C2H2O4Pd. The third kappa shape index (κ3) is 5.60. The van der Waals surface area contributed by atoms with Crippen molar-refractivity contribution in [3.63, 3.8) is 0 Å². The molecule has 0 unspecified atom stereocenters. The van der Waals surface area contributed by atoms with Crippen molar-refractivity contribution in [1.82, 2.24) is 0 Å². The van der Waals surface area contributed by atoms with Crippen LogP contribution in [0.4, 0.5) is 9.59 Å². The molecule has 0 saturated carbocycles. The van der Waals surface area contributed by atoms with E-state index in [4.69, 9.17) is 10.2 Å². The number of rotatable bonds is 2. The Morgan fingerprint density at radius 2 is 1.43 bits per heavy atom. The van der Waals surface area contributed by atoms with Crippen molar-refractivity contribution in [3.05, 3.63) is 0 Å². The average molecular weight is 196 g/mol. The second-order valence-electron chi connectivity index (χ2n) is 0.532. The molecule has 44 valence electrons. The van der Waals surface area contributed by atoms with Crippen LogP contribution in [0.5, 0.6) is 0 Å². The molecule has 0 aromatic carbocycles. The Kier molecular flexibility index (Phi) is 2.57. The van der Waals surface area contributed by atoms with E-state index in [0.717, 1.165) is 0 Å². The van der Waals surface area contributed by atoms with Gasteiger partial charge in [0.2, 0.25) is 0 Å². The van der Waals surface area contributed by atoms with E-state index < -0.39 is 26.9 Å². The molecule has 0 bridgehead atoms. The van der Waals surface area contributed by atoms with Crippen LogP contribution in [0, 0.1) is 0 Å².